The summed E-state index contributed by atoms with van der Waals surface area (Å²) in [4.78, 5) is 18.3. The lowest BCUT2D eigenvalue weighted by atomic mass is 10.2. The number of aromatic nitrogens is 1. The van der Waals surface area contributed by atoms with Crippen molar-refractivity contribution >= 4 is 17.7 Å². The Hall–Kier alpha value is -1.79. The van der Waals surface area contributed by atoms with Crippen LogP contribution < -0.4 is 5.73 Å². The molecule has 0 saturated carbocycles. The van der Waals surface area contributed by atoms with Gasteiger partial charge in [0, 0.05) is 30.4 Å². The number of benzene rings is 1. The Bertz CT molecular complexity index is 629. The molecule has 0 aliphatic carbocycles. The molecule has 3 rings (SSSR count). The number of nitrogens with two attached hydrogens (primary N) is 1. The lowest BCUT2D eigenvalue weighted by Crippen LogP contribution is -2.33. The molecule has 1 aliphatic rings. The van der Waals surface area contributed by atoms with E-state index >= 15 is 0 Å². The van der Waals surface area contributed by atoms with Gasteiger partial charge < -0.3 is 15.1 Å². The van der Waals surface area contributed by atoms with Gasteiger partial charge in [0.1, 0.15) is 6.26 Å². The number of hydrogen-bond donors (Lipinski definition) is 1. The van der Waals surface area contributed by atoms with E-state index < -0.39 is 0 Å². The van der Waals surface area contributed by atoms with Crippen LogP contribution in [0.4, 0.5) is 0 Å². The Morgan fingerprint density at radius 1 is 1.41 bits per heavy atom. The van der Waals surface area contributed by atoms with E-state index in [1.807, 2.05) is 35.2 Å². The number of hydrogen-bond acceptors (Lipinski definition) is 5. The second-order valence-electron chi connectivity index (χ2n) is 5.39. The Morgan fingerprint density at radius 2 is 2.23 bits per heavy atom. The van der Waals surface area contributed by atoms with Crippen LogP contribution in [0.15, 0.2) is 41.0 Å². The van der Waals surface area contributed by atoms with E-state index in [-0.39, 0.29) is 11.9 Å². The van der Waals surface area contributed by atoms with Crippen LogP contribution in [-0.4, -0.2) is 40.7 Å². The number of carbonyl (C=O) groups is 1. The van der Waals surface area contributed by atoms with Crippen LogP contribution in [0.25, 0.3) is 11.5 Å². The van der Waals surface area contributed by atoms with E-state index in [1.54, 1.807) is 18.0 Å². The first-order chi connectivity index (χ1) is 10.7. The molecule has 5 nitrogen and oxygen atoms in total. The molecular formula is C16H19N3O2S. The molecule has 2 N–H and O–H groups in total. The molecule has 1 saturated heterocycles. The molecular weight excluding hydrogens is 298 g/mol. The SMILES string of the molecule is N[C@@H]1CCN(C(=O)CSCc2coc(-c3ccccc3)n2)C1. The number of likely N-dealkylation sites (tertiary alicyclic amines) is 1. The highest BCUT2D eigenvalue weighted by Gasteiger charge is 2.23. The van der Waals surface area contributed by atoms with Crippen molar-refractivity contribution in [2.45, 2.75) is 18.2 Å². The van der Waals surface area contributed by atoms with Crippen LogP contribution in [0.1, 0.15) is 12.1 Å². The smallest absolute Gasteiger partial charge is 0.232 e. The molecule has 0 radical (unpaired) electrons. The van der Waals surface area contributed by atoms with Crippen LogP contribution in [-0.2, 0) is 10.5 Å². The molecule has 116 valence electrons. The van der Waals surface area contributed by atoms with Gasteiger partial charge in [-0.05, 0) is 18.6 Å². The second kappa shape index (κ2) is 6.98. The van der Waals surface area contributed by atoms with E-state index in [0.29, 0.717) is 23.9 Å². The van der Waals surface area contributed by atoms with Crippen LogP contribution in [0.3, 0.4) is 0 Å². The highest BCUT2D eigenvalue weighted by Crippen LogP contribution is 2.20. The Labute approximate surface area is 133 Å². The third kappa shape index (κ3) is 3.69. The third-order valence-corrected chi connectivity index (χ3v) is 4.58. The number of amides is 1. The van der Waals surface area contributed by atoms with Crippen LogP contribution in [0.2, 0.25) is 0 Å². The maximum atomic E-state index is 12.0. The van der Waals surface area contributed by atoms with Gasteiger partial charge in [0.05, 0.1) is 11.4 Å². The first-order valence-corrected chi connectivity index (χ1v) is 8.49. The number of thioether (sulfide) groups is 1. The Kier molecular flexibility index (Phi) is 4.80. The molecule has 0 spiro atoms. The number of rotatable bonds is 5. The van der Waals surface area contributed by atoms with Gasteiger partial charge in [0.2, 0.25) is 11.8 Å². The number of nitrogens with zero attached hydrogens (tertiary/aromatic N) is 2. The van der Waals surface area contributed by atoms with Gasteiger partial charge in [-0.1, -0.05) is 18.2 Å². The summed E-state index contributed by atoms with van der Waals surface area (Å²) < 4.78 is 5.49. The van der Waals surface area contributed by atoms with Crippen LogP contribution in [0, 0.1) is 0 Å². The summed E-state index contributed by atoms with van der Waals surface area (Å²) in [6.07, 6.45) is 2.56. The van der Waals surface area contributed by atoms with E-state index in [2.05, 4.69) is 4.98 Å². The summed E-state index contributed by atoms with van der Waals surface area (Å²) in [7, 11) is 0. The minimum absolute atomic E-state index is 0.137. The van der Waals surface area contributed by atoms with Gasteiger partial charge in [0.25, 0.3) is 0 Å². The largest absolute Gasteiger partial charge is 0.444 e. The van der Waals surface area contributed by atoms with E-state index in [0.717, 1.165) is 24.2 Å². The molecule has 22 heavy (non-hydrogen) atoms. The molecule has 2 heterocycles. The molecule has 1 aliphatic heterocycles. The first kappa shape index (κ1) is 15.1. The van der Waals surface area contributed by atoms with Crippen LogP contribution in [0.5, 0.6) is 0 Å². The first-order valence-electron chi connectivity index (χ1n) is 7.33. The zero-order valence-corrected chi connectivity index (χ0v) is 13.1. The van der Waals surface area contributed by atoms with E-state index in [1.165, 1.54) is 0 Å². The fraction of sp³-hybridized carbons (Fsp3) is 0.375. The monoisotopic (exact) mass is 317 g/mol. The topological polar surface area (TPSA) is 72.4 Å². The van der Waals surface area contributed by atoms with Gasteiger partial charge in [-0.15, -0.1) is 11.8 Å². The number of oxazole rings is 1. The molecule has 1 aromatic carbocycles. The molecule has 1 amide bonds. The lowest BCUT2D eigenvalue weighted by Gasteiger charge is -2.14. The van der Waals surface area contributed by atoms with Gasteiger partial charge in [-0.2, -0.15) is 0 Å². The maximum absolute atomic E-state index is 12.0. The Morgan fingerprint density at radius 3 is 2.95 bits per heavy atom. The second-order valence-corrected chi connectivity index (χ2v) is 6.38. The fourth-order valence-electron chi connectivity index (χ4n) is 2.43. The lowest BCUT2D eigenvalue weighted by molar-refractivity contribution is -0.127. The van der Waals surface area contributed by atoms with Gasteiger partial charge in [0.15, 0.2) is 0 Å². The van der Waals surface area contributed by atoms with Crippen LogP contribution >= 0.6 is 11.8 Å². The molecule has 1 atom stereocenters. The predicted octanol–water partition coefficient (Wildman–Crippen LogP) is 2.13. The van der Waals surface area contributed by atoms with Gasteiger partial charge in [-0.25, -0.2) is 4.98 Å². The quantitative estimate of drug-likeness (QED) is 0.914. The normalized spacial score (nSPS) is 17.9. The predicted molar refractivity (Wildman–Crippen MR) is 87.3 cm³/mol. The van der Waals surface area contributed by atoms with Crippen molar-refractivity contribution in [2.24, 2.45) is 5.73 Å². The summed E-state index contributed by atoms with van der Waals surface area (Å²) >= 11 is 1.56. The van der Waals surface area contributed by atoms with Crippen molar-refractivity contribution in [1.82, 2.24) is 9.88 Å². The van der Waals surface area contributed by atoms with Gasteiger partial charge in [-0.3, -0.25) is 4.79 Å². The van der Waals surface area contributed by atoms with Gasteiger partial charge >= 0.3 is 0 Å². The van der Waals surface area contributed by atoms with Crippen molar-refractivity contribution < 1.29 is 9.21 Å². The molecule has 1 fully saturated rings. The molecule has 6 heteroatoms. The minimum Gasteiger partial charge on any atom is -0.444 e. The molecule has 2 aromatic rings. The third-order valence-electron chi connectivity index (χ3n) is 3.63. The summed E-state index contributed by atoms with van der Waals surface area (Å²) in [6, 6.07) is 9.92. The standard InChI is InChI=1S/C16H19N3O2S/c17-13-6-7-19(8-13)15(20)11-22-10-14-9-21-16(18-14)12-4-2-1-3-5-12/h1-5,9,13H,6-8,10-11,17H2/t13-/m1/s1. The fourth-order valence-corrected chi connectivity index (χ4v) is 3.24. The van der Waals surface area contributed by atoms with Crippen molar-refractivity contribution in [3.05, 3.63) is 42.3 Å². The molecule has 0 unspecified atom stereocenters. The average molecular weight is 317 g/mol. The summed E-state index contributed by atoms with van der Waals surface area (Å²) in [5.74, 6) is 1.90. The van der Waals surface area contributed by atoms with E-state index in [9.17, 15) is 4.79 Å². The maximum Gasteiger partial charge on any atom is 0.232 e. The zero-order chi connectivity index (χ0) is 15.4. The molecule has 0 bridgehead atoms. The Balaban J connectivity index is 1.48. The summed E-state index contributed by atoms with van der Waals surface area (Å²) in [6.45, 7) is 1.46. The van der Waals surface area contributed by atoms with Crippen molar-refractivity contribution in [3.63, 3.8) is 0 Å². The summed E-state index contributed by atoms with van der Waals surface area (Å²) in [5.41, 5.74) is 7.63. The minimum atomic E-state index is 0.137. The van der Waals surface area contributed by atoms with Crippen molar-refractivity contribution in [2.75, 3.05) is 18.8 Å². The van der Waals surface area contributed by atoms with Crippen molar-refractivity contribution in [1.29, 1.82) is 0 Å². The zero-order valence-electron chi connectivity index (χ0n) is 12.3. The number of carbonyl (C=O) groups excluding carboxylic acids is 1. The van der Waals surface area contributed by atoms with Crippen molar-refractivity contribution in [3.8, 4) is 11.5 Å². The average Bonchev–Trinajstić information content (AvgIpc) is 3.17. The summed E-state index contributed by atoms with van der Waals surface area (Å²) in [5, 5.41) is 0. The van der Waals surface area contributed by atoms with E-state index in [4.69, 9.17) is 10.2 Å². The highest BCUT2D eigenvalue weighted by molar-refractivity contribution is 7.99. The highest BCUT2D eigenvalue weighted by atomic mass is 32.2. The molecule has 1 aromatic heterocycles.